The van der Waals surface area contributed by atoms with Crippen molar-refractivity contribution in [3.8, 4) is 0 Å². The topological polar surface area (TPSA) is 83.9 Å². The van der Waals surface area contributed by atoms with Crippen molar-refractivity contribution >= 4 is 29.6 Å². The summed E-state index contributed by atoms with van der Waals surface area (Å²) in [5.74, 6) is -1.90. The molecule has 0 bridgehead atoms. The molecule has 2 rings (SSSR count). The lowest BCUT2D eigenvalue weighted by molar-refractivity contribution is -0.168. The summed E-state index contributed by atoms with van der Waals surface area (Å²) < 4.78 is 5.05. The number of fused-ring (bicyclic) bond motifs is 1. The summed E-state index contributed by atoms with van der Waals surface area (Å²) in [6.07, 6.45) is 0.311. The lowest BCUT2D eigenvalue weighted by Crippen LogP contribution is -2.58. The molecule has 0 aliphatic carbocycles. The zero-order valence-electron chi connectivity index (χ0n) is 8.80. The molecule has 1 N–H and O–H groups in total. The molecule has 7 heteroatoms. The van der Waals surface area contributed by atoms with Gasteiger partial charge in [0.1, 0.15) is 0 Å². The SMILES string of the molecule is CC(=O)OC1(C)S[C@H]2CC(=O)N2C1C(=O)O. The van der Waals surface area contributed by atoms with Gasteiger partial charge in [0.15, 0.2) is 11.0 Å². The first-order valence-corrected chi connectivity index (χ1v) is 5.64. The highest BCUT2D eigenvalue weighted by Gasteiger charge is 2.62. The number of hydrogen-bond donors (Lipinski definition) is 1. The molecule has 2 aliphatic rings. The first-order valence-electron chi connectivity index (χ1n) is 4.76. The minimum Gasteiger partial charge on any atom is -0.480 e. The van der Waals surface area contributed by atoms with Crippen molar-refractivity contribution in [2.24, 2.45) is 0 Å². The van der Waals surface area contributed by atoms with Gasteiger partial charge in [0.05, 0.1) is 11.8 Å². The van der Waals surface area contributed by atoms with E-state index in [0.29, 0.717) is 6.42 Å². The van der Waals surface area contributed by atoms with Crippen molar-refractivity contribution < 1.29 is 24.2 Å². The van der Waals surface area contributed by atoms with Gasteiger partial charge in [-0.3, -0.25) is 9.59 Å². The molecule has 0 saturated carbocycles. The molecule has 0 aromatic heterocycles. The first-order chi connectivity index (χ1) is 7.35. The summed E-state index contributed by atoms with van der Waals surface area (Å²) in [6, 6.07) is -1.09. The van der Waals surface area contributed by atoms with E-state index in [1.807, 2.05) is 0 Å². The van der Waals surface area contributed by atoms with Gasteiger partial charge in [-0.15, -0.1) is 0 Å². The Morgan fingerprint density at radius 2 is 2.25 bits per heavy atom. The molecular weight excluding hydrogens is 234 g/mol. The Morgan fingerprint density at radius 1 is 1.62 bits per heavy atom. The van der Waals surface area contributed by atoms with Gasteiger partial charge in [-0.2, -0.15) is 0 Å². The second-order valence-electron chi connectivity index (χ2n) is 3.93. The lowest BCUT2D eigenvalue weighted by atomic mass is 10.1. The molecule has 16 heavy (non-hydrogen) atoms. The van der Waals surface area contributed by atoms with Crippen LogP contribution in [-0.2, 0) is 19.1 Å². The summed E-state index contributed by atoms with van der Waals surface area (Å²) in [4.78, 5) is 33.5. The number of aliphatic carboxylic acids is 1. The van der Waals surface area contributed by atoms with Crippen LogP contribution in [0.15, 0.2) is 0 Å². The predicted octanol–water partition coefficient (Wildman–Crippen LogP) is 0.0241. The average Bonchev–Trinajstić information content (AvgIpc) is 2.33. The Balaban J connectivity index is 2.28. The van der Waals surface area contributed by atoms with Crippen molar-refractivity contribution in [1.82, 2.24) is 4.90 Å². The monoisotopic (exact) mass is 245 g/mol. The first kappa shape index (κ1) is 11.3. The fourth-order valence-corrected chi connectivity index (χ4v) is 3.73. The number of rotatable bonds is 2. The van der Waals surface area contributed by atoms with Crippen LogP contribution in [0.25, 0.3) is 0 Å². The fraction of sp³-hybridized carbons (Fsp3) is 0.667. The van der Waals surface area contributed by atoms with Crippen molar-refractivity contribution in [2.45, 2.75) is 36.6 Å². The van der Waals surface area contributed by atoms with Gasteiger partial charge >= 0.3 is 11.9 Å². The van der Waals surface area contributed by atoms with Crippen LogP contribution in [0.4, 0.5) is 0 Å². The maximum Gasteiger partial charge on any atom is 0.331 e. The Bertz CT molecular complexity index is 384. The van der Waals surface area contributed by atoms with E-state index >= 15 is 0 Å². The van der Waals surface area contributed by atoms with Crippen molar-refractivity contribution in [1.29, 1.82) is 0 Å². The van der Waals surface area contributed by atoms with Gasteiger partial charge in [-0.05, 0) is 6.92 Å². The second kappa shape index (κ2) is 3.38. The fourth-order valence-electron chi connectivity index (χ4n) is 2.11. The van der Waals surface area contributed by atoms with Crippen LogP contribution in [0.1, 0.15) is 20.3 Å². The number of thioether (sulfide) groups is 1. The third-order valence-corrected chi connectivity index (χ3v) is 4.11. The highest BCUT2D eigenvalue weighted by atomic mass is 32.2. The number of carbonyl (C=O) groups is 3. The maximum atomic E-state index is 11.3. The van der Waals surface area contributed by atoms with E-state index in [4.69, 9.17) is 9.84 Å². The lowest BCUT2D eigenvalue weighted by Gasteiger charge is -2.36. The number of carboxylic acid groups (broad SMARTS) is 1. The van der Waals surface area contributed by atoms with E-state index in [2.05, 4.69) is 0 Å². The predicted molar refractivity (Wildman–Crippen MR) is 54.4 cm³/mol. The Kier molecular flexibility index (Phi) is 2.37. The van der Waals surface area contributed by atoms with Crippen LogP contribution in [0, 0.1) is 0 Å². The molecule has 0 spiro atoms. The van der Waals surface area contributed by atoms with Crippen LogP contribution < -0.4 is 0 Å². The summed E-state index contributed by atoms with van der Waals surface area (Å²) in [5.41, 5.74) is 0. The molecule has 1 amide bonds. The summed E-state index contributed by atoms with van der Waals surface area (Å²) >= 11 is 1.21. The quantitative estimate of drug-likeness (QED) is 0.545. The van der Waals surface area contributed by atoms with Crippen LogP contribution in [0.2, 0.25) is 0 Å². The Hall–Kier alpha value is -1.24. The molecule has 3 atom stereocenters. The second-order valence-corrected chi connectivity index (χ2v) is 5.52. The van der Waals surface area contributed by atoms with Crippen LogP contribution >= 0.6 is 11.8 Å². The van der Waals surface area contributed by atoms with E-state index in [9.17, 15) is 14.4 Å². The number of hydrogen-bond acceptors (Lipinski definition) is 5. The zero-order chi connectivity index (χ0) is 12.1. The number of carboxylic acids is 1. The van der Waals surface area contributed by atoms with Crippen molar-refractivity contribution in [2.75, 3.05) is 0 Å². The standard InChI is InChI=1S/C9H11NO5S/c1-4(11)15-9(2)7(8(13)14)10-5(12)3-6(10)16-9/h6-7H,3H2,1-2H3,(H,13,14)/t6-,7?,9?/m0/s1. The Morgan fingerprint density at radius 3 is 2.69 bits per heavy atom. The summed E-state index contributed by atoms with van der Waals surface area (Å²) in [5, 5.41) is 8.92. The summed E-state index contributed by atoms with van der Waals surface area (Å²) in [7, 11) is 0. The average molecular weight is 245 g/mol. The number of carbonyl (C=O) groups excluding carboxylic acids is 2. The number of ether oxygens (including phenoxy) is 1. The Labute approximate surface area is 95.9 Å². The number of amides is 1. The molecule has 0 aromatic carbocycles. The molecular formula is C9H11NO5S. The summed E-state index contributed by atoms with van der Waals surface area (Å²) in [6.45, 7) is 2.76. The maximum absolute atomic E-state index is 11.3. The van der Waals surface area contributed by atoms with E-state index in [0.717, 1.165) is 0 Å². The molecule has 6 nitrogen and oxygen atoms in total. The normalized spacial score (nSPS) is 36.6. The third-order valence-electron chi connectivity index (χ3n) is 2.67. The largest absolute Gasteiger partial charge is 0.480 e. The molecule has 88 valence electrons. The molecule has 0 aromatic rings. The van der Waals surface area contributed by atoms with E-state index in [-0.39, 0.29) is 11.3 Å². The van der Waals surface area contributed by atoms with Crippen LogP contribution in [0.3, 0.4) is 0 Å². The van der Waals surface area contributed by atoms with Crippen LogP contribution in [0.5, 0.6) is 0 Å². The van der Waals surface area contributed by atoms with Gasteiger partial charge in [0.25, 0.3) is 0 Å². The minimum atomic E-state index is -1.19. The molecule has 2 saturated heterocycles. The van der Waals surface area contributed by atoms with E-state index in [1.54, 1.807) is 0 Å². The van der Waals surface area contributed by atoms with E-state index < -0.39 is 22.9 Å². The van der Waals surface area contributed by atoms with Gasteiger partial charge < -0.3 is 14.7 Å². The zero-order valence-corrected chi connectivity index (χ0v) is 9.61. The van der Waals surface area contributed by atoms with E-state index in [1.165, 1.54) is 30.5 Å². The smallest absolute Gasteiger partial charge is 0.331 e. The number of esters is 1. The van der Waals surface area contributed by atoms with Gasteiger partial charge in [-0.1, -0.05) is 11.8 Å². The van der Waals surface area contributed by atoms with Crippen molar-refractivity contribution in [3.05, 3.63) is 0 Å². The van der Waals surface area contributed by atoms with Gasteiger partial charge in [0, 0.05) is 6.92 Å². The highest BCUT2D eigenvalue weighted by Crippen LogP contribution is 2.51. The van der Waals surface area contributed by atoms with Crippen molar-refractivity contribution in [3.63, 3.8) is 0 Å². The molecule has 0 radical (unpaired) electrons. The van der Waals surface area contributed by atoms with Gasteiger partial charge in [0.2, 0.25) is 5.91 Å². The minimum absolute atomic E-state index is 0.182. The van der Waals surface area contributed by atoms with Gasteiger partial charge in [-0.25, -0.2) is 4.79 Å². The highest BCUT2D eigenvalue weighted by molar-refractivity contribution is 8.01. The van der Waals surface area contributed by atoms with Crippen LogP contribution in [-0.4, -0.2) is 44.2 Å². The molecule has 2 aliphatic heterocycles. The third kappa shape index (κ3) is 1.46. The molecule has 2 heterocycles. The molecule has 2 fully saturated rings. The molecule has 2 unspecified atom stereocenters. The number of nitrogens with zero attached hydrogens (tertiary/aromatic N) is 1. The number of β-lactam (4-membered cyclic amide) rings is 1.